The van der Waals surface area contributed by atoms with E-state index in [1.54, 1.807) is 16.9 Å². The van der Waals surface area contributed by atoms with Gasteiger partial charge in [0.05, 0.1) is 11.4 Å². The molecule has 0 radical (unpaired) electrons. The van der Waals surface area contributed by atoms with Gasteiger partial charge in [-0.05, 0) is 55.7 Å². The van der Waals surface area contributed by atoms with Crippen LogP contribution >= 0.6 is 0 Å². The number of carbonyl (C=O) groups excluding carboxylic acids is 2. The van der Waals surface area contributed by atoms with Crippen LogP contribution in [0.3, 0.4) is 0 Å². The fourth-order valence-electron chi connectivity index (χ4n) is 4.61. The van der Waals surface area contributed by atoms with E-state index in [0.29, 0.717) is 23.2 Å². The lowest BCUT2D eigenvalue weighted by Gasteiger charge is -2.43. The summed E-state index contributed by atoms with van der Waals surface area (Å²) in [6.45, 7) is 0. The summed E-state index contributed by atoms with van der Waals surface area (Å²) in [5.41, 5.74) is 13.2. The summed E-state index contributed by atoms with van der Waals surface area (Å²) >= 11 is 0. The highest BCUT2D eigenvalue weighted by Gasteiger charge is 2.40. The molecule has 7 heteroatoms. The van der Waals surface area contributed by atoms with Crippen LogP contribution in [0, 0.1) is 17.8 Å². The van der Waals surface area contributed by atoms with Crippen molar-refractivity contribution < 1.29 is 9.59 Å². The normalized spacial score (nSPS) is 27.1. The number of nitrogens with one attached hydrogen (secondary N) is 1. The molecule has 2 aliphatic carbocycles. The maximum Gasteiger partial charge on any atom is 0.269 e. The Morgan fingerprint density at radius 3 is 2.48 bits per heavy atom. The number of amides is 2. The number of nitrogens with zero attached hydrogens (tertiary/aromatic N) is 2. The summed E-state index contributed by atoms with van der Waals surface area (Å²) in [4.78, 5) is 24.2. The molecule has 7 nitrogen and oxygen atoms in total. The maximum absolute atomic E-state index is 12.9. The van der Waals surface area contributed by atoms with E-state index in [1.807, 2.05) is 24.3 Å². The van der Waals surface area contributed by atoms with Crippen LogP contribution in [0.5, 0.6) is 0 Å². The minimum atomic E-state index is -0.583. The van der Waals surface area contributed by atoms with Crippen LogP contribution in [0.15, 0.2) is 36.5 Å². The average Bonchev–Trinajstić information content (AvgIpc) is 3.12. The first-order valence-electron chi connectivity index (χ1n) is 9.54. The van der Waals surface area contributed by atoms with Gasteiger partial charge in [-0.25, -0.2) is 4.68 Å². The lowest BCUT2D eigenvalue weighted by Crippen LogP contribution is -2.48. The van der Waals surface area contributed by atoms with E-state index in [9.17, 15) is 9.59 Å². The molecule has 2 saturated carbocycles. The summed E-state index contributed by atoms with van der Waals surface area (Å²) in [5, 5.41) is 7.26. The highest BCUT2D eigenvalue weighted by Crippen LogP contribution is 2.42. The second kappa shape index (κ2) is 7.15. The molecule has 1 heterocycles. The molecular formula is C20H25N5O2. The molecule has 0 saturated heterocycles. The van der Waals surface area contributed by atoms with Crippen LogP contribution in [0.2, 0.25) is 0 Å². The zero-order valence-electron chi connectivity index (χ0n) is 15.2. The molecule has 2 aromatic rings. The third-order valence-corrected chi connectivity index (χ3v) is 6.03. The van der Waals surface area contributed by atoms with Crippen molar-refractivity contribution in [2.45, 2.75) is 38.1 Å². The minimum Gasteiger partial charge on any atom is -0.364 e. The van der Waals surface area contributed by atoms with Crippen LogP contribution in [0.1, 0.15) is 42.6 Å². The molecule has 5 N–H and O–H groups in total. The Bertz CT molecular complexity index is 848. The van der Waals surface area contributed by atoms with E-state index in [2.05, 4.69) is 10.4 Å². The van der Waals surface area contributed by atoms with E-state index in [1.165, 1.54) is 6.42 Å². The van der Waals surface area contributed by atoms with E-state index in [-0.39, 0.29) is 23.6 Å². The standard InChI is InChI=1S/C20H25N5O2/c21-18-12-4-3-5-13(18)11-14(10-12)20(27)23-15-6-1-2-7-17(15)25-9-8-16(24-25)19(22)26/h1-2,6-9,12-14,18H,3-5,10-11,21H2,(H2,22,26)(H,23,27). The van der Waals surface area contributed by atoms with Gasteiger partial charge in [0, 0.05) is 18.2 Å². The molecule has 1 aromatic heterocycles. The Morgan fingerprint density at radius 2 is 1.81 bits per heavy atom. The van der Waals surface area contributed by atoms with Crippen molar-refractivity contribution in [1.29, 1.82) is 0 Å². The van der Waals surface area contributed by atoms with Crippen LogP contribution in [-0.4, -0.2) is 27.6 Å². The van der Waals surface area contributed by atoms with Gasteiger partial charge in [-0.3, -0.25) is 9.59 Å². The fourth-order valence-corrected chi connectivity index (χ4v) is 4.61. The van der Waals surface area contributed by atoms with E-state index < -0.39 is 5.91 Å². The minimum absolute atomic E-state index is 0.00745. The molecule has 2 atom stereocenters. The molecule has 2 bridgehead atoms. The first kappa shape index (κ1) is 17.7. The smallest absolute Gasteiger partial charge is 0.269 e. The van der Waals surface area contributed by atoms with Gasteiger partial charge in [-0.15, -0.1) is 0 Å². The van der Waals surface area contributed by atoms with Crippen molar-refractivity contribution in [3.8, 4) is 5.69 Å². The van der Waals surface area contributed by atoms with Crippen LogP contribution < -0.4 is 16.8 Å². The zero-order chi connectivity index (χ0) is 19.0. The number of aromatic nitrogens is 2. The number of hydrogen-bond donors (Lipinski definition) is 3. The molecular weight excluding hydrogens is 342 g/mol. The Balaban J connectivity index is 1.53. The molecule has 1 aromatic carbocycles. The van der Waals surface area contributed by atoms with Crippen molar-refractivity contribution >= 4 is 17.5 Å². The van der Waals surface area contributed by atoms with Crippen molar-refractivity contribution in [3.05, 3.63) is 42.2 Å². The van der Waals surface area contributed by atoms with Gasteiger partial charge in [0.25, 0.3) is 5.91 Å². The van der Waals surface area contributed by atoms with Gasteiger partial charge in [0.1, 0.15) is 5.69 Å². The van der Waals surface area contributed by atoms with Crippen molar-refractivity contribution in [3.63, 3.8) is 0 Å². The van der Waals surface area contributed by atoms with Crippen molar-refractivity contribution in [2.75, 3.05) is 5.32 Å². The van der Waals surface area contributed by atoms with Crippen molar-refractivity contribution in [1.82, 2.24) is 9.78 Å². The highest BCUT2D eigenvalue weighted by atomic mass is 16.2. The van der Waals surface area contributed by atoms with Gasteiger partial charge in [-0.1, -0.05) is 18.6 Å². The molecule has 0 spiro atoms. The summed E-state index contributed by atoms with van der Waals surface area (Å²) in [5.74, 6) is 0.348. The number of nitrogens with two attached hydrogens (primary N) is 2. The van der Waals surface area contributed by atoms with Crippen LogP contribution in [0.4, 0.5) is 5.69 Å². The third kappa shape index (κ3) is 3.47. The van der Waals surface area contributed by atoms with Gasteiger partial charge >= 0.3 is 0 Å². The quantitative estimate of drug-likeness (QED) is 0.767. The zero-order valence-corrected chi connectivity index (χ0v) is 15.2. The van der Waals surface area contributed by atoms with Gasteiger partial charge < -0.3 is 16.8 Å². The summed E-state index contributed by atoms with van der Waals surface area (Å²) in [6, 6.07) is 9.22. The summed E-state index contributed by atoms with van der Waals surface area (Å²) in [6.07, 6.45) is 6.86. The maximum atomic E-state index is 12.9. The average molecular weight is 367 g/mol. The van der Waals surface area contributed by atoms with E-state index >= 15 is 0 Å². The first-order valence-corrected chi connectivity index (χ1v) is 9.54. The fraction of sp³-hybridized carbons (Fsp3) is 0.450. The third-order valence-electron chi connectivity index (χ3n) is 6.03. The van der Waals surface area contributed by atoms with Crippen LogP contribution in [-0.2, 0) is 4.79 Å². The lowest BCUT2D eigenvalue weighted by molar-refractivity contribution is -0.122. The molecule has 2 amide bonds. The van der Waals surface area contributed by atoms with E-state index in [4.69, 9.17) is 11.5 Å². The van der Waals surface area contributed by atoms with E-state index in [0.717, 1.165) is 25.7 Å². The predicted octanol–water partition coefficient (Wildman–Crippen LogP) is 2.06. The van der Waals surface area contributed by atoms with Crippen LogP contribution in [0.25, 0.3) is 5.69 Å². The number of rotatable bonds is 4. The molecule has 2 aliphatic rings. The summed E-state index contributed by atoms with van der Waals surface area (Å²) < 4.78 is 1.56. The Labute approximate surface area is 158 Å². The number of primary amides is 1. The largest absolute Gasteiger partial charge is 0.364 e. The highest BCUT2D eigenvalue weighted by molar-refractivity contribution is 5.94. The summed E-state index contributed by atoms with van der Waals surface area (Å²) in [7, 11) is 0. The molecule has 4 rings (SSSR count). The van der Waals surface area contributed by atoms with Crippen molar-refractivity contribution in [2.24, 2.45) is 29.2 Å². The first-order chi connectivity index (χ1) is 13.0. The molecule has 2 fully saturated rings. The Hall–Kier alpha value is -2.67. The number of hydrogen-bond acceptors (Lipinski definition) is 4. The van der Waals surface area contributed by atoms with Gasteiger partial charge in [0.2, 0.25) is 5.91 Å². The Morgan fingerprint density at radius 1 is 1.11 bits per heavy atom. The molecule has 27 heavy (non-hydrogen) atoms. The number of anilines is 1. The van der Waals surface area contributed by atoms with Gasteiger partial charge in [0.15, 0.2) is 0 Å². The predicted molar refractivity (Wildman–Crippen MR) is 102 cm³/mol. The number of benzene rings is 1. The van der Waals surface area contributed by atoms with Gasteiger partial charge in [-0.2, -0.15) is 5.10 Å². The second-order valence-electron chi connectivity index (χ2n) is 7.71. The lowest BCUT2D eigenvalue weighted by atomic mass is 9.65. The second-order valence-corrected chi connectivity index (χ2v) is 7.71. The number of para-hydroxylation sites is 2. The molecule has 142 valence electrons. The molecule has 0 aliphatic heterocycles. The SMILES string of the molecule is NC(=O)c1ccn(-c2ccccc2NC(=O)C2CC3CCCC(C2)C3N)n1. The molecule has 2 unspecified atom stereocenters. The Kier molecular flexibility index (Phi) is 4.70. The number of carbonyl (C=O) groups is 2. The monoisotopic (exact) mass is 367 g/mol. The topological polar surface area (TPSA) is 116 Å². The number of fused-ring (bicyclic) bond motifs is 2.